The zero-order valence-corrected chi connectivity index (χ0v) is 10.6. The molecule has 0 unspecified atom stereocenters. The Balaban J connectivity index is 2.28. The quantitative estimate of drug-likeness (QED) is 0.836. The maximum Gasteiger partial charge on any atom is 0.222 e. The van der Waals surface area contributed by atoms with Gasteiger partial charge in [0.25, 0.3) is 0 Å². The Morgan fingerprint density at radius 3 is 2.59 bits per heavy atom. The molecule has 0 bridgehead atoms. The average molecular weight is 269 g/mol. The van der Waals surface area contributed by atoms with Crippen LogP contribution in [0.25, 0.3) is 0 Å². The second-order valence-corrected chi connectivity index (χ2v) is 4.37. The summed E-state index contributed by atoms with van der Waals surface area (Å²) in [5.74, 6) is 0.998. The summed E-state index contributed by atoms with van der Waals surface area (Å²) in [5, 5.41) is 0.988. The predicted molar refractivity (Wildman–Crippen MR) is 69.9 cm³/mol. The molecule has 0 atom stereocenters. The number of aryl methyl sites for hydroxylation is 1. The molecular formula is C12H10Cl2N2O. The van der Waals surface area contributed by atoms with Crippen LogP contribution in [-0.2, 0) is 0 Å². The number of rotatable bonds is 2. The molecule has 0 aliphatic carbocycles. The lowest BCUT2D eigenvalue weighted by molar-refractivity contribution is 0.463. The normalized spacial score (nSPS) is 10.3. The predicted octanol–water partition coefficient (Wildman–Crippen LogP) is 4.07. The van der Waals surface area contributed by atoms with Crippen LogP contribution < -0.4 is 10.5 Å². The Bertz CT molecular complexity index is 538. The highest BCUT2D eigenvalue weighted by Crippen LogP contribution is 2.26. The van der Waals surface area contributed by atoms with Crippen LogP contribution in [0.5, 0.6) is 11.6 Å². The van der Waals surface area contributed by atoms with E-state index in [0.29, 0.717) is 27.5 Å². The van der Waals surface area contributed by atoms with Crippen molar-refractivity contribution in [1.29, 1.82) is 0 Å². The van der Waals surface area contributed by atoms with Gasteiger partial charge in [0, 0.05) is 16.8 Å². The molecule has 3 nitrogen and oxygen atoms in total. The molecule has 5 heteroatoms. The van der Waals surface area contributed by atoms with Crippen LogP contribution in [0.2, 0.25) is 10.2 Å². The standard InChI is InChI=1S/C12H10Cl2N2O/c1-7-4-9(2-3-10(7)13)17-12-6-8(15)5-11(14)16-12/h2-6H,1H3,(H2,15,16). The molecule has 1 aromatic heterocycles. The molecule has 0 saturated heterocycles. The molecule has 17 heavy (non-hydrogen) atoms. The van der Waals surface area contributed by atoms with Crippen molar-refractivity contribution in [3.05, 3.63) is 46.1 Å². The summed E-state index contributed by atoms with van der Waals surface area (Å²) in [7, 11) is 0. The van der Waals surface area contributed by atoms with Crippen molar-refractivity contribution in [2.45, 2.75) is 6.92 Å². The molecule has 0 fully saturated rings. The van der Waals surface area contributed by atoms with E-state index in [-0.39, 0.29) is 0 Å². The fourth-order valence-electron chi connectivity index (χ4n) is 1.35. The molecule has 1 aromatic carbocycles. The molecular weight excluding hydrogens is 259 g/mol. The van der Waals surface area contributed by atoms with E-state index in [2.05, 4.69) is 4.98 Å². The first-order valence-electron chi connectivity index (χ1n) is 4.91. The van der Waals surface area contributed by atoms with Crippen molar-refractivity contribution >= 4 is 28.9 Å². The zero-order chi connectivity index (χ0) is 12.4. The molecule has 0 aliphatic heterocycles. The molecule has 0 aliphatic rings. The van der Waals surface area contributed by atoms with Crippen molar-refractivity contribution < 1.29 is 4.74 Å². The van der Waals surface area contributed by atoms with Crippen LogP contribution in [0.4, 0.5) is 5.69 Å². The van der Waals surface area contributed by atoms with Gasteiger partial charge in [-0.25, -0.2) is 4.98 Å². The fraction of sp³-hybridized carbons (Fsp3) is 0.0833. The number of nitrogen functional groups attached to an aromatic ring is 1. The van der Waals surface area contributed by atoms with Gasteiger partial charge in [-0.1, -0.05) is 23.2 Å². The molecule has 0 spiro atoms. The second kappa shape index (κ2) is 4.82. The molecule has 0 saturated carbocycles. The third-order valence-electron chi connectivity index (χ3n) is 2.14. The highest BCUT2D eigenvalue weighted by Gasteiger charge is 2.03. The lowest BCUT2D eigenvalue weighted by Gasteiger charge is -2.07. The van der Waals surface area contributed by atoms with Crippen molar-refractivity contribution in [2.75, 3.05) is 5.73 Å². The van der Waals surface area contributed by atoms with Gasteiger partial charge in [-0.2, -0.15) is 0 Å². The summed E-state index contributed by atoms with van der Waals surface area (Å²) >= 11 is 11.7. The number of aromatic nitrogens is 1. The highest BCUT2D eigenvalue weighted by atomic mass is 35.5. The van der Waals surface area contributed by atoms with Crippen LogP contribution in [0.3, 0.4) is 0 Å². The van der Waals surface area contributed by atoms with Gasteiger partial charge in [-0.15, -0.1) is 0 Å². The highest BCUT2D eigenvalue weighted by molar-refractivity contribution is 6.31. The Labute approximate surface area is 109 Å². The Kier molecular flexibility index (Phi) is 3.41. The number of nitrogens with zero attached hydrogens (tertiary/aromatic N) is 1. The van der Waals surface area contributed by atoms with Gasteiger partial charge in [0.1, 0.15) is 10.9 Å². The first kappa shape index (κ1) is 12.0. The van der Waals surface area contributed by atoms with Crippen molar-refractivity contribution in [3.63, 3.8) is 0 Å². The lowest BCUT2D eigenvalue weighted by Crippen LogP contribution is -1.92. The van der Waals surface area contributed by atoms with E-state index in [1.54, 1.807) is 24.3 Å². The number of pyridine rings is 1. The number of ether oxygens (including phenoxy) is 1. The van der Waals surface area contributed by atoms with Gasteiger partial charge in [0.15, 0.2) is 0 Å². The number of halogens is 2. The van der Waals surface area contributed by atoms with Crippen LogP contribution in [0, 0.1) is 6.92 Å². The van der Waals surface area contributed by atoms with Gasteiger partial charge in [-0.05, 0) is 36.8 Å². The Morgan fingerprint density at radius 2 is 1.94 bits per heavy atom. The summed E-state index contributed by atoms with van der Waals surface area (Å²) in [4.78, 5) is 4.01. The van der Waals surface area contributed by atoms with E-state index in [1.807, 2.05) is 13.0 Å². The van der Waals surface area contributed by atoms with E-state index in [1.165, 1.54) is 0 Å². The third-order valence-corrected chi connectivity index (χ3v) is 2.76. The minimum atomic E-state index is 0.297. The van der Waals surface area contributed by atoms with Gasteiger partial charge in [0.2, 0.25) is 5.88 Å². The average Bonchev–Trinajstić information content (AvgIpc) is 2.22. The van der Waals surface area contributed by atoms with Gasteiger partial charge in [-0.3, -0.25) is 0 Å². The topological polar surface area (TPSA) is 48.1 Å². The molecule has 1 heterocycles. The lowest BCUT2D eigenvalue weighted by atomic mass is 10.2. The molecule has 0 amide bonds. The number of hydrogen-bond donors (Lipinski definition) is 1. The van der Waals surface area contributed by atoms with Crippen LogP contribution in [0.1, 0.15) is 5.56 Å². The van der Waals surface area contributed by atoms with Gasteiger partial charge in [0.05, 0.1) is 0 Å². The van der Waals surface area contributed by atoms with E-state index in [4.69, 9.17) is 33.7 Å². The SMILES string of the molecule is Cc1cc(Oc2cc(N)cc(Cl)n2)ccc1Cl. The fourth-order valence-corrected chi connectivity index (χ4v) is 1.67. The molecule has 2 aromatic rings. The smallest absolute Gasteiger partial charge is 0.222 e. The largest absolute Gasteiger partial charge is 0.439 e. The molecule has 2 rings (SSSR count). The summed E-state index contributed by atoms with van der Waals surface area (Å²) in [6.45, 7) is 1.90. The number of anilines is 1. The van der Waals surface area contributed by atoms with E-state index in [9.17, 15) is 0 Å². The number of hydrogen-bond acceptors (Lipinski definition) is 3. The maximum atomic E-state index is 5.92. The molecule has 0 radical (unpaired) electrons. The van der Waals surface area contributed by atoms with Gasteiger partial charge >= 0.3 is 0 Å². The van der Waals surface area contributed by atoms with Gasteiger partial charge < -0.3 is 10.5 Å². The van der Waals surface area contributed by atoms with E-state index in [0.717, 1.165) is 5.56 Å². The summed E-state index contributed by atoms with van der Waals surface area (Å²) in [6.07, 6.45) is 0. The zero-order valence-electron chi connectivity index (χ0n) is 9.08. The monoisotopic (exact) mass is 268 g/mol. The summed E-state index contributed by atoms with van der Waals surface area (Å²) in [6, 6.07) is 8.51. The molecule has 88 valence electrons. The first-order chi connectivity index (χ1) is 8.04. The first-order valence-corrected chi connectivity index (χ1v) is 5.67. The number of benzene rings is 1. The third kappa shape index (κ3) is 3.02. The summed E-state index contributed by atoms with van der Waals surface area (Å²) in [5.41, 5.74) is 7.08. The summed E-state index contributed by atoms with van der Waals surface area (Å²) < 4.78 is 5.54. The minimum absolute atomic E-state index is 0.297. The van der Waals surface area contributed by atoms with Crippen LogP contribution in [-0.4, -0.2) is 4.98 Å². The Hall–Kier alpha value is -1.45. The second-order valence-electron chi connectivity index (χ2n) is 3.57. The van der Waals surface area contributed by atoms with Crippen LogP contribution in [0.15, 0.2) is 30.3 Å². The molecule has 2 N–H and O–H groups in total. The van der Waals surface area contributed by atoms with Crippen LogP contribution >= 0.6 is 23.2 Å². The maximum absolute atomic E-state index is 5.92. The van der Waals surface area contributed by atoms with Crippen molar-refractivity contribution in [2.24, 2.45) is 0 Å². The minimum Gasteiger partial charge on any atom is -0.439 e. The number of nitrogens with two attached hydrogens (primary N) is 1. The van der Waals surface area contributed by atoms with Crippen molar-refractivity contribution in [1.82, 2.24) is 4.98 Å². The Morgan fingerprint density at radius 1 is 1.18 bits per heavy atom. The van der Waals surface area contributed by atoms with Crippen molar-refractivity contribution in [3.8, 4) is 11.6 Å². The van der Waals surface area contributed by atoms with E-state index < -0.39 is 0 Å². The van der Waals surface area contributed by atoms with E-state index >= 15 is 0 Å².